The average Bonchev–Trinajstić information content (AvgIpc) is 1.71. The van der Waals surface area contributed by atoms with E-state index in [4.69, 9.17) is 0 Å². The molecule has 0 aromatic carbocycles. The third kappa shape index (κ3) is 5.17. The second-order valence-corrected chi connectivity index (χ2v) is 6.47. The fourth-order valence-corrected chi connectivity index (χ4v) is 2.28. The lowest BCUT2D eigenvalue weighted by atomic mass is 9.81. The van der Waals surface area contributed by atoms with Crippen LogP contribution in [0.4, 0.5) is 0 Å². The highest BCUT2D eigenvalue weighted by atomic mass is 35.5. The molecule has 1 aliphatic heterocycles. The maximum atomic E-state index is 11.8. The van der Waals surface area contributed by atoms with Crippen LogP contribution in [-0.2, 0) is 4.79 Å². The zero-order valence-corrected chi connectivity index (χ0v) is 11.8. The number of halogens is 1. The smallest absolute Gasteiger partial charge is 0.226 e. The topological polar surface area (TPSA) is 41.1 Å². The van der Waals surface area contributed by atoms with Crippen molar-refractivity contribution in [3.8, 4) is 0 Å². The average molecular weight is 249 g/mol. The van der Waals surface area contributed by atoms with Crippen LogP contribution in [0.3, 0.4) is 0 Å². The fourth-order valence-electron chi connectivity index (χ4n) is 2.28. The molecule has 1 amide bonds. The molecule has 16 heavy (non-hydrogen) atoms. The van der Waals surface area contributed by atoms with Gasteiger partial charge >= 0.3 is 0 Å². The molecule has 0 saturated carbocycles. The number of carbonyl (C=O) groups is 1. The van der Waals surface area contributed by atoms with Crippen molar-refractivity contribution in [1.82, 2.24) is 10.6 Å². The first-order valence-corrected chi connectivity index (χ1v) is 5.72. The molecule has 0 bridgehead atoms. The number of hydrogen-bond donors (Lipinski definition) is 2. The van der Waals surface area contributed by atoms with Crippen molar-refractivity contribution in [2.75, 3.05) is 13.1 Å². The summed E-state index contributed by atoms with van der Waals surface area (Å²) in [5, 5.41) is 6.25. The lowest BCUT2D eigenvalue weighted by molar-refractivity contribution is -0.128. The molecule has 0 unspecified atom stereocenters. The second-order valence-electron chi connectivity index (χ2n) is 6.47. The molecule has 0 spiro atoms. The van der Waals surface area contributed by atoms with E-state index in [9.17, 15) is 4.79 Å². The largest absolute Gasteiger partial charge is 0.351 e. The fraction of sp³-hybridized carbons (Fsp3) is 0.917. The summed E-state index contributed by atoms with van der Waals surface area (Å²) in [6.45, 7) is 12.5. The van der Waals surface area contributed by atoms with Gasteiger partial charge in [0.25, 0.3) is 0 Å². The van der Waals surface area contributed by atoms with Gasteiger partial charge in [-0.15, -0.1) is 12.4 Å². The molecule has 0 aliphatic carbocycles. The van der Waals surface area contributed by atoms with Gasteiger partial charge in [-0.1, -0.05) is 20.8 Å². The Hall–Kier alpha value is -0.280. The Morgan fingerprint density at radius 1 is 1.25 bits per heavy atom. The van der Waals surface area contributed by atoms with Crippen LogP contribution in [-0.4, -0.2) is 24.5 Å². The predicted octanol–water partition coefficient (Wildman–Crippen LogP) is 1.96. The van der Waals surface area contributed by atoms with Gasteiger partial charge in [0, 0.05) is 18.6 Å². The predicted molar refractivity (Wildman–Crippen MR) is 69.9 cm³/mol. The van der Waals surface area contributed by atoms with Crippen LogP contribution in [0.15, 0.2) is 0 Å². The molecule has 0 radical (unpaired) electrons. The minimum atomic E-state index is -0.106. The summed E-state index contributed by atoms with van der Waals surface area (Å²) >= 11 is 0. The Balaban J connectivity index is 0.00000225. The highest BCUT2D eigenvalue weighted by molar-refractivity contribution is 5.85. The van der Waals surface area contributed by atoms with E-state index in [1.807, 2.05) is 0 Å². The molecule has 1 saturated heterocycles. The summed E-state index contributed by atoms with van der Waals surface area (Å²) in [5.41, 5.74) is 0.138. The minimum absolute atomic E-state index is 0. The number of hydrogen-bond acceptors (Lipinski definition) is 2. The highest BCUT2D eigenvalue weighted by Gasteiger charge is 2.31. The molecule has 0 atom stereocenters. The Morgan fingerprint density at radius 3 is 2.06 bits per heavy atom. The van der Waals surface area contributed by atoms with E-state index in [-0.39, 0.29) is 35.2 Å². The molecule has 1 rings (SSSR count). The van der Waals surface area contributed by atoms with E-state index >= 15 is 0 Å². The summed E-state index contributed by atoms with van der Waals surface area (Å²) < 4.78 is 0. The third-order valence-electron chi connectivity index (χ3n) is 2.59. The molecule has 0 aromatic rings. The highest BCUT2D eigenvalue weighted by Crippen LogP contribution is 2.27. The maximum absolute atomic E-state index is 11.8. The zero-order chi connectivity index (χ0) is 11.7. The SMILES string of the molecule is CC(C)(C)CC(C)(C)NC(=O)C1CNC1.Cl. The van der Waals surface area contributed by atoms with Gasteiger partial charge in [0.15, 0.2) is 0 Å². The molecule has 1 aliphatic rings. The van der Waals surface area contributed by atoms with Gasteiger partial charge in [-0.25, -0.2) is 0 Å². The van der Waals surface area contributed by atoms with Gasteiger partial charge in [0.2, 0.25) is 5.91 Å². The molecular formula is C12H25ClN2O. The van der Waals surface area contributed by atoms with Crippen LogP contribution in [0.5, 0.6) is 0 Å². The number of carbonyl (C=O) groups excluding carboxylic acids is 1. The Morgan fingerprint density at radius 2 is 1.75 bits per heavy atom. The van der Waals surface area contributed by atoms with Gasteiger partial charge in [-0.05, 0) is 25.7 Å². The quantitative estimate of drug-likeness (QED) is 0.802. The molecular weight excluding hydrogens is 224 g/mol. The number of rotatable bonds is 3. The van der Waals surface area contributed by atoms with Crippen molar-refractivity contribution in [1.29, 1.82) is 0 Å². The normalized spacial score (nSPS) is 17.3. The van der Waals surface area contributed by atoms with Crippen LogP contribution in [0, 0.1) is 11.3 Å². The number of amides is 1. The van der Waals surface area contributed by atoms with Crippen LogP contribution in [0.25, 0.3) is 0 Å². The van der Waals surface area contributed by atoms with Crippen molar-refractivity contribution < 1.29 is 4.79 Å². The molecule has 4 heteroatoms. The Labute approximate surface area is 105 Å². The summed E-state index contributed by atoms with van der Waals surface area (Å²) in [7, 11) is 0. The molecule has 1 fully saturated rings. The lowest BCUT2D eigenvalue weighted by Crippen LogP contribution is -2.56. The molecule has 3 nitrogen and oxygen atoms in total. The minimum Gasteiger partial charge on any atom is -0.351 e. The van der Waals surface area contributed by atoms with E-state index < -0.39 is 0 Å². The maximum Gasteiger partial charge on any atom is 0.226 e. The van der Waals surface area contributed by atoms with Gasteiger partial charge < -0.3 is 10.6 Å². The van der Waals surface area contributed by atoms with Crippen molar-refractivity contribution in [2.24, 2.45) is 11.3 Å². The summed E-state index contributed by atoms with van der Waals surface area (Å²) in [4.78, 5) is 11.8. The zero-order valence-electron chi connectivity index (χ0n) is 11.0. The molecule has 2 N–H and O–H groups in total. The molecule has 0 aromatic heterocycles. The van der Waals surface area contributed by atoms with Crippen molar-refractivity contribution in [3.05, 3.63) is 0 Å². The van der Waals surface area contributed by atoms with Crippen molar-refractivity contribution >= 4 is 18.3 Å². The van der Waals surface area contributed by atoms with E-state index in [1.165, 1.54) is 0 Å². The van der Waals surface area contributed by atoms with E-state index in [2.05, 4.69) is 45.3 Å². The van der Waals surface area contributed by atoms with E-state index in [0.717, 1.165) is 19.5 Å². The van der Waals surface area contributed by atoms with Gasteiger partial charge in [0.1, 0.15) is 0 Å². The first kappa shape index (κ1) is 15.7. The van der Waals surface area contributed by atoms with Crippen molar-refractivity contribution in [3.63, 3.8) is 0 Å². The summed E-state index contributed by atoms with van der Waals surface area (Å²) in [6.07, 6.45) is 0.992. The summed E-state index contributed by atoms with van der Waals surface area (Å²) in [5.74, 6) is 0.382. The van der Waals surface area contributed by atoms with Crippen molar-refractivity contribution in [2.45, 2.75) is 46.6 Å². The van der Waals surface area contributed by atoms with Crippen LogP contribution in [0.2, 0.25) is 0 Å². The molecule has 1 heterocycles. The van der Waals surface area contributed by atoms with Crippen LogP contribution < -0.4 is 10.6 Å². The van der Waals surface area contributed by atoms with Crippen LogP contribution in [0.1, 0.15) is 41.0 Å². The third-order valence-corrected chi connectivity index (χ3v) is 2.59. The first-order valence-electron chi connectivity index (χ1n) is 5.72. The van der Waals surface area contributed by atoms with E-state index in [0.29, 0.717) is 0 Å². The summed E-state index contributed by atoms with van der Waals surface area (Å²) in [6, 6.07) is 0. The second kappa shape index (κ2) is 5.37. The lowest BCUT2D eigenvalue weighted by Gasteiger charge is -2.36. The van der Waals surface area contributed by atoms with E-state index in [1.54, 1.807) is 0 Å². The van der Waals surface area contributed by atoms with Gasteiger partial charge in [-0.2, -0.15) is 0 Å². The van der Waals surface area contributed by atoms with Crippen LogP contribution >= 0.6 is 12.4 Å². The molecule has 96 valence electrons. The Kier molecular flexibility index (Phi) is 5.27. The first-order chi connectivity index (χ1) is 6.70. The monoisotopic (exact) mass is 248 g/mol. The Bertz CT molecular complexity index is 242. The van der Waals surface area contributed by atoms with Gasteiger partial charge in [0.05, 0.1) is 5.92 Å². The standard InChI is InChI=1S/C12H24N2O.ClH/c1-11(2,3)8-12(4,5)14-10(15)9-6-13-7-9;/h9,13H,6-8H2,1-5H3,(H,14,15);1H. The number of nitrogens with one attached hydrogen (secondary N) is 2. The van der Waals surface area contributed by atoms with Gasteiger partial charge in [-0.3, -0.25) is 4.79 Å².